The minimum Gasteiger partial charge on any atom is -0.298 e. The third kappa shape index (κ3) is 4.09. The lowest BCUT2D eigenvalue weighted by Gasteiger charge is -2.03. The lowest BCUT2D eigenvalue weighted by atomic mass is 10.1. The summed E-state index contributed by atoms with van der Waals surface area (Å²) in [6, 6.07) is 15.6. The van der Waals surface area contributed by atoms with Gasteiger partial charge < -0.3 is 0 Å². The van der Waals surface area contributed by atoms with Crippen LogP contribution in [0.4, 0.5) is 0 Å². The zero-order valence-electron chi connectivity index (χ0n) is 15.8. The van der Waals surface area contributed by atoms with Gasteiger partial charge in [0.25, 0.3) is 0 Å². The fourth-order valence-electron chi connectivity index (χ4n) is 3.27. The molecule has 1 aliphatic carbocycles. The predicted octanol–water partition coefficient (Wildman–Crippen LogP) is 4.21. The Morgan fingerprint density at radius 3 is 2.43 bits per heavy atom. The number of rotatable bonds is 7. The molecule has 0 bridgehead atoms. The van der Waals surface area contributed by atoms with Crippen molar-refractivity contribution in [2.75, 3.05) is 0 Å². The predicted molar refractivity (Wildman–Crippen MR) is 110 cm³/mol. The van der Waals surface area contributed by atoms with E-state index in [-0.39, 0.29) is 24.1 Å². The number of hydrogen-bond acceptors (Lipinski definition) is 3. The van der Waals surface area contributed by atoms with Crippen LogP contribution in [0.25, 0.3) is 11.4 Å². The lowest BCUT2D eigenvalue weighted by Crippen LogP contribution is -2.27. The van der Waals surface area contributed by atoms with E-state index in [9.17, 15) is 9.59 Å². The molecule has 28 heavy (non-hydrogen) atoms. The molecule has 1 saturated carbocycles. The first-order valence-electron chi connectivity index (χ1n) is 9.54. The minimum absolute atomic E-state index is 0.00496. The Balaban J connectivity index is 1.52. The third-order valence-corrected chi connectivity index (χ3v) is 5.28. The smallest absolute Gasteiger partial charge is 0.298 e. The highest BCUT2D eigenvalue weighted by atomic mass is 35.5. The van der Waals surface area contributed by atoms with Crippen molar-refractivity contribution in [3.8, 4) is 11.4 Å². The quantitative estimate of drug-likeness (QED) is 0.602. The van der Waals surface area contributed by atoms with Gasteiger partial charge in [-0.1, -0.05) is 41.4 Å². The highest BCUT2D eigenvalue weighted by molar-refractivity contribution is 6.30. The number of ketones is 1. The van der Waals surface area contributed by atoms with Gasteiger partial charge in [0, 0.05) is 23.0 Å². The van der Waals surface area contributed by atoms with Gasteiger partial charge >= 0.3 is 5.69 Å². The zero-order valence-corrected chi connectivity index (χ0v) is 16.5. The number of aromatic nitrogens is 3. The molecule has 0 amide bonds. The second kappa shape index (κ2) is 7.76. The summed E-state index contributed by atoms with van der Waals surface area (Å²) in [4.78, 5) is 25.3. The van der Waals surface area contributed by atoms with E-state index in [0.29, 0.717) is 23.7 Å². The molecule has 0 unspecified atom stereocenters. The molecule has 144 valence electrons. The first kappa shape index (κ1) is 18.7. The Morgan fingerprint density at radius 1 is 1.11 bits per heavy atom. The molecule has 0 saturated heterocycles. The van der Waals surface area contributed by atoms with Gasteiger partial charge in [0.1, 0.15) is 6.54 Å². The molecule has 1 fully saturated rings. The summed E-state index contributed by atoms with van der Waals surface area (Å²) >= 11 is 5.97. The summed E-state index contributed by atoms with van der Waals surface area (Å²) in [6.45, 7) is 2.04. The van der Waals surface area contributed by atoms with E-state index in [0.717, 1.165) is 24.0 Å². The van der Waals surface area contributed by atoms with Crippen molar-refractivity contribution < 1.29 is 4.79 Å². The number of Topliss-reactive ketones (excluding diaryl/α,β-unsaturated/α-hetero) is 1. The Hall–Kier alpha value is -2.66. The second-order valence-corrected chi connectivity index (χ2v) is 7.83. The normalized spacial score (nSPS) is 13.6. The van der Waals surface area contributed by atoms with Crippen LogP contribution in [0.1, 0.15) is 36.4 Å². The standard InChI is InChI=1S/C22H22ClN3O2/c1-15-2-4-16(5-3-15)6-13-20(27)14-25-22(28)26(19-11-12-19)21(24-25)17-7-9-18(23)10-8-17/h2-5,7-10,19H,6,11-14H2,1H3. The Labute approximate surface area is 168 Å². The van der Waals surface area contributed by atoms with Crippen molar-refractivity contribution in [1.82, 2.24) is 14.3 Å². The van der Waals surface area contributed by atoms with E-state index in [2.05, 4.69) is 5.10 Å². The van der Waals surface area contributed by atoms with Gasteiger partial charge in [0.05, 0.1) is 0 Å². The lowest BCUT2D eigenvalue weighted by molar-refractivity contribution is -0.119. The maximum atomic E-state index is 12.8. The van der Waals surface area contributed by atoms with Crippen LogP contribution in [-0.4, -0.2) is 20.1 Å². The van der Waals surface area contributed by atoms with Crippen molar-refractivity contribution in [3.63, 3.8) is 0 Å². The molecular formula is C22H22ClN3O2. The number of carbonyl (C=O) groups excluding carboxylic acids is 1. The molecule has 3 aromatic rings. The molecule has 1 heterocycles. The molecular weight excluding hydrogens is 374 g/mol. The molecule has 0 aliphatic heterocycles. The molecule has 1 aliphatic rings. The Bertz CT molecular complexity index is 1040. The molecule has 4 rings (SSSR count). The first-order chi connectivity index (χ1) is 13.5. The van der Waals surface area contributed by atoms with Crippen LogP contribution in [0.5, 0.6) is 0 Å². The van der Waals surface area contributed by atoms with Crippen molar-refractivity contribution in [3.05, 3.63) is 75.2 Å². The second-order valence-electron chi connectivity index (χ2n) is 7.40. The average molecular weight is 396 g/mol. The molecule has 0 atom stereocenters. The van der Waals surface area contributed by atoms with E-state index in [1.807, 2.05) is 43.3 Å². The van der Waals surface area contributed by atoms with Gasteiger partial charge in [-0.05, 0) is 56.0 Å². The summed E-state index contributed by atoms with van der Waals surface area (Å²) in [7, 11) is 0. The molecule has 6 heteroatoms. The van der Waals surface area contributed by atoms with Crippen LogP contribution in [0.2, 0.25) is 5.02 Å². The highest BCUT2D eigenvalue weighted by Crippen LogP contribution is 2.36. The van der Waals surface area contributed by atoms with Crippen LogP contribution in [0.3, 0.4) is 0 Å². The van der Waals surface area contributed by atoms with E-state index < -0.39 is 0 Å². The molecule has 1 aromatic heterocycles. The number of halogens is 1. The Kier molecular flexibility index (Phi) is 5.18. The van der Waals surface area contributed by atoms with Crippen molar-refractivity contribution >= 4 is 17.4 Å². The minimum atomic E-state index is -0.212. The zero-order chi connectivity index (χ0) is 19.7. The Morgan fingerprint density at radius 2 is 1.79 bits per heavy atom. The topological polar surface area (TPSA) is 56.9 Å². The number of hydrogen-bond donors (Lipinski definition) is 0. The van der Waals surface area contributed by atoms with E-state index in [1.54, 1.807) is 16.7 Å². The van der Waals surface area contributed by atoms with E-state index >= 15 is 0 Å². The van der Waals surface area contributed by atoms with Crippen LogP contribution in [0.15, 0.2) is 53.3 Å². The van der Waals surface area contributed by atoms with Gasteiger partial charge in [0.15, 0.2) is 11.6 Å². The molecule has 2 aromatic carbocycles. The SMILES string of the molecule is Cc1ccc(CCC(=O)Cn2nc(-c3ccc(Cl)cc3)n(C3CC3)c2=O)cc1. The van der Waals surface area contributed by atoms with Crippen molar-refractivity contribution in [2.24, 2.45) is 0 Å². The van der Waals surface area contributed by atoms with Crippen LogP contribution in [-0.2, 0) is 17.8 Å². The van der Waals surface area contributed by atoms with Crippen molar-refractivity contribution in [2.45, 2.75) is 45.2 Å². The van der Waals surface area contributed by atoms with E-state index in [1.165, 1.54) is 10.2 Å². The summed E-state index contributed by atoms with van der Waals surface area (Å²) in [5, 5.41) is 5.11. The summed E-state index contributed by atoms with van der Waals surface area (Å²) in [5.74, 6) is 0.612. The maximum absolute atomic E-state index is 12.8. The number of nitrogens with zero attached hydrogens (tertiary/aromatic N) is 3. The van der Waals surface area contributed by atoms with Crippen LogP contribution in [0, 0.1) is 6.92 Å². The van der Waals surface area contributed by atoms with Gasteiger partial charge in [-0.15, -0.1) is 5.10 Å². The monoisotopic (exact) mass is 395 g/mol. The largest absolute Gasteiger partial charge is 0.346 e. The van der Waals surface area contributed by atoms with E-state index in [4.69, 9.17) is 11.6 Å². The van der Waals surface area contributed by atoms with Gasteiger partial charge in [-0.3, -0.25) is 9.36 Å². The molecule has 5 nitrogen and oxygen atoms in total. The summed E-state index contributed by atoms with van der Waals surface area (Å²) < 4.78 is 3.02. The fraction of sp³-hybridized carbons (Fsp3) is 0.318. The molecule has 0 radical (unpaired) electrons. The van der Waals surface area contributed by atoms with Crippen LogP contribution < -0.4 is 5.69 Å². The fourth-order valence-corrected chi connectivity index (χ4v) is 3.39. The highest BCUT2D eigenvalue weighted by Gasteiger charge is 2.30. The van der Waals surface area contributed by atoms with Gasteiger partial charge in [-0.2, -0.15) is 0 Å². The molecule has 0 N–H and O–H groups in total. The summed E-state index contributed by atoms with van der Waals surface area (Å²) in [6.07, 6.45) is 2.99. The summed E-state index contributed by atoms with van der Waals surface area (Å²) in [5.41, 5.74) is 2.94. The maximum Gasteiger partial charge on any atom is 0.346 e. The van der Waals surface area contributed by atoms with Gasteiger partial charge in [0.2, 0.25) is 0 Å². The number of carbonyl (C=O) groups is 1. The number of aryl methyl sites for hydroxylation is 2. The number of benzene rings is 2. The van der Waals surface area contributed by atoms with Crippen molar-refractivity contribution in [1.29, 1.82) is 0 Å². The first-order valence-corrected chi connectivity index (χ1v) is 9.91. The molecule has 0 spiro atoms. The average Bonchev–Trinajstić information content (AvgIpc) is 3.47. The van der Waals surface area contributed by atoms with Crippen LogP contribution >= 0.6 is 11.6 Å². The third-order valence-electron chi connectivity index (χ3n) is 5.02. The van der Waals surface area contributed by atoms with Gasteiger partial charge in [-0.25, -0.2) is 9.48 Å².